The van der Waals surface area contributed by atoms with Gasteiger partial charge in [0, 0.05) is 18.6 Å². The smallest absolute Gasteiger partial charge is 0.258 e. The van der Waals surface area contributed by atoms with Crippen molar-refractivity contribution < 1.29 is 4.92 Å². The van der Waals surface area contributed by atoms with E-state index in [1.165, 1.54) is 18.2 Å². The maximum Gasteiger partial charge on any atom is 0.270 e. The van der Waals surface area contributed by atoms with Gasteiger partial charge in [-0.3, -0.25) is 10.1 Å². The lowest BCUT2D eigenvalue weighted by atomic mass is 10.1. The van der Waals surface area contributed by atoms with Crippen LogP contribution in [0.3, 0.4) is 0 Å². The number of nitro benzene ring substituents is 1. The highest BCUT2D eigenvalue weighted by molar-refractivity contribution is 6.67. The second-order valence-electron chi connectivity index (χ2n) is 2.82. The molecule has 1 rings (SSSR count). The van der Waals surface area contributed by atoms with E-state index in [1.54, 1.807) is 0 Å². The molecule has 0 heterocycles. The Morgan fingerprint density at radius 3 is 2.33 bits per heavy atom. The SMILES string of the molecule is O=[N+]([O-])c1ccc(CC(Cl)(Cl)Cl)c(Cl)c1. The Morgan fingerprint density at radius 1 is 1.33 bits per heavy atom. The number of halogens is 4. The topological polar surface area (TPSA) is 43.1 Å². The zero-order valence-electron chi connectivity index (χ0n) is 7.21. The van der Waals surface area contributed by atoms with Gasteiger partial charge in [0.15, 0.2) is 3.79 Å². The number of rotatable bonds is 2. The first-order chi connectivity index (χ1) is 6.79. The molecule has 1 aromatic carbocycles. The summed E-state index contributed by atoms with van der Waals surface area (Å²) >= 11 is 22.5. The van der Waals surface area contributed by atoms with E-state index in [1.807, 2.05) is 0 Å². The number of alkyl halides is 3. The second-order valence-corrected chi connectivity index (χ2v) is 5.75. The first kappa shape index (κ1) is 12.8. The van der Waals surface area contributed by atoms with Gasteiger partial charge < -0.3 is 0 Å². The van der Waals surface area contributed by atoms with Gasteiger partial charge in [-0.25, -0.2) is 0 Å². The van der Waals surface area contributed by atoms with Gasteiger partial charge in [0.1, 0.15) is 0 Å². The van der Waals surface area contributed by atoms with E-state index in [2.05, 4.69) is 0 Å². The van der Waals surface area contributed by atoms with Crippen LogP contribution in [0.25, 0.3) is 0 Å². The van der Waals surface area contributed by atoms with Crippen molar-refractivity contribution in [3.05, 3.63) is 38.9 Å². The van der Waals surface area contributed by atoms with Crippen LogP contribution in [0.2, 0.25) is 5.02 Å². The normalized spacial score (nSPS) is 11.5. The van der Waals surface area contributed by atoms with Gasteiger partial charge in [0.25, 0.3) is 5.69 Å². The Kier molecular flexibility index (Phi) is 4.06. The van der Waals surface area contributed by atoms with Crippen molar-refractivity contribution in [2.24, 2.45) is 0 Å². The molecule has 0 aliphatic rings. The fourth-order valence-corrected chi connectivity index (χ4v) is 1.68. The molecule has 0 spiro atoms. The molecule has 0 saturated carbocycles. The van der Waals surface area contributed by atoms with Crippen LogP contribution >= 0.6 is 46.4 Å². The van der Waals surface area contributed by atoms with Crippen LogP contribution < -0.4 is 0 Å². The molecule has 3 nitrogen and oxygen atoms in total. The molecule has 82 valence electrons. The second kappa shape index (κ2) is 4.74. The van der Waals surface area contributed by atoms with E-state index in [4.69, 9.17) is 46.4 Å². The van der Waals surface area contributed by atoms with Gasteiger partial charge in [0.05, 0.1) is 9.95 Å². The average molecular weight is 289 g/mol. The van der Waals surface area contributed by atoms with Crippen molar-refractivity contribution in [1.82, 2.24) is 0 Å². The predicted octanol–water partition coefficient (Wildman–Crippen LogP) is 4.16. The molecule has 1 aromatic rings. The van der Waals surface area contributed by atoms with Gasteiger partial charge in [-0.2, -0.15) is 0 Å². The van der Waals surface area contributed by atoms with Crippen molar-refractivity contribution in [2.75, 3.05) is 0 Å². The van der Waals surface area contributed by atoms with Crippen LogP contribution in [0.4, 0.5) is 5.69 Å². The van der Waals surface area contributed by atoms with Gasteiger partial charge in [-0.1, -0.05) is 52.5 Å². The Hall–Kier alpha value is -0.220. The highest BCUT2D eigenvalue weighted by Crippen LogP contribution is 2.33. The van der Waals surface area contributed by atoms with Crippen molar-refractivity contribution in [1.29, 1.82) is 0 Å². The molecule has 0 radical (unpaired) electrons. The van der Waals surface area contributed by atoms with Crippen LogP contribution in [0.15, 0.2) is 18.2 Å². The number of hydrogen-bond acceptors (Lipinski definition) is 2. The maximum absolute atomic E-state index is 10.4. The zero-order chi connectivity index (χ0) is 11.6. The third-order valence-electron chi connectivity index (χ3n) is 1.64. The van der Waals surface area contributed by atoms with Gasteiger partial charge >= 0.3 is 0 Å². The van der Waals surface area contributed by atoms with Crippen LogP contribution in [-0.4, -0.2) is 8.72 Å². The summed E-state index contributed by atoms with van der Waals surface area (Å²) in [6.45, 7) is 0. The minimum Gasteiger partial charge on any atom is -0.258 e. The summed E-state index contributed by atoms with van der Waals surface area (Å²) < 4.78 is -1.46. The average Bonchev–Trinajstić information content (AvgIpc) is 2.05. The third-order valence-corrected chi connectivity index (χ3v) is 2.39. The third kappa shape index (κ3) is 4.03. The molecule has 0 unspecified atom stereocenters. The Bertz CT molecular complexity index is 389. The highest BCUT2D eigenvalue weighted by atomic mass is 35.6. The molecule has 0 fully saturated rings. The van der Waals surface area contributed by atoms with Crippen LogP contribution in [0, 0.1) is 10.1 Å². The summed E-state index contributed by atoms with van der Waals surface area (Å²) in [6, 6.07) is 4.02. The molecule has 0 aliphatic heterocycles. The van der Waals surface area contributed by atoms with Crippen molar-refractivity contribution >= 4 is 52.1 Å². The summed E-state index contributed by atoms with van der Waals surface area (Å²) in [6.07, 6.45) is 0.106. The summed E-state index contributed by atoms with van der Waals surface area (Å²) in [5, 5.41) is 10.6. The molecule has 15 heavy (non-hydrogen) atoms. The lowest BCUT2D eigenvalue weighted by molar-refractivity contribution is -0.384. The summed E-state index contributed by atoms with van der Waals surface area (Å²) in [5.74, 6) is 0. The van der Waals surface area contributed by atoms with Crippen LogP contribution in [0.1, 0.15) is 5.56 Å². The summed E-state index contributed by atoms with van der Waals surface area (Å²) in [4.78, 5) is 9.88. The zero-order valence-corrected chi connectivity index (χ0v) is 10.2. The van der Waals surface area contributed by atoms with E-state index in [0.29, 0.717) is 5.56 Å². The minimum absolute atomic E-state index is 0.0898. The first-order valence-electron chi connectivity index (χ1n) is 3.79. The predicted molar refractivity (Wildman–Crippen MR) is 62.1 cm³/mol. The summed E-state index contributed by atoms with van der Waals surface area (Å²) in [5.41, 5.74) is 0.468. The molecule has 7 heteroatoms. The Labute approximate surface area is 106 Å². The standard InChI is InChI=1S/C8H5Cl4NO2/c9-7-3-6(13(14)15)2-1-5(7)4-8(10,11)12/h1-3H,4H2. The first-order valence-corrected chi connectivity index (χ1v) is 5.30. The molecule has 0 aromatic heterocycles. The maximum atomic E-state index is 10.4. The molecule has 0 atom stereocenters. The fourth-order valence-electron chi connectivity index (χ4n) is 1.01. The number of nitro groups is 1. The van der Waals surface area contributed by atoms with Crippen molar-refractivity contribution in [3.8, 4) is 0 Å². The largest absolute Gasteiger partial charge is 0.270 e. The van der Waals surface area contributed by atoms with E-state index < -0.39 is 8.72 Å². The van der Waals surface area contributed by atoms with E-state index in [0.717, 1.165) is 0 Å². The Balaban J connectivity index is 2.99. The van der Waals surface area contributed by atoms with Gasteiger partial charge in [-0.15, -0.1) is 0 Å². The van der Waals surface area contributed by atoms with Crippen molar-refractivity contribution in [3.63, 3.8) is 0 Å². The van der Waals surface area contributed by atoms with Crippen molar-refractivity contribution in [2.45, 2.75) is 10.2 Å². The van der Waals surface area contributed by atoms with E-state index in [9.17, 15) is 10.1 Å². The number of benzene rings is 1. The number of hydrogen-bond donors (Lipinski definition) is 0. The Morgan fingerprint density at radius 2 is 1.93 bits per heavy atom. The minimum atomic E-state index is -1.46. The molecule has 0 N–H and O–H groups in total. The molecular weight excluding hydrogens is 284 g/mol. The lowest BCUT2D eigenvalue weighted by Gasteiger charge is -2.11. The molecule has 0 bridgehead atoms. The number of nitrogens with zero attached hydrogens (tertiary/aromatic N) is 1. The molecular formula is C8H5Cl4NO2. The number of non-ortho nitro benzene ring substituents is 1. The van der Waals surface area contributed by atoms with Gasteiger partial charge in [-0.05, 0) is 5.56 Å². The quantitative estimate of drug-likeness (QED) is 0.466. The van der Waals surface area contributed by atoms with E-state index >= 15 is 0 Å². The van der Waals surface area contributed by atoms with Crippen LogP contribution in [-0.2, 0) is 6.42 Å². The molecule has 0 aliphatic carbocycles. The monoisotopic (exact) mass is 287 g/mol. The lowest BCUT2D eigenvalue weighted by Crippen LogP contribution is -2.07. The highest BCUT2D eigenvalue weighted by Gasteiger charge is 2.22. The van der Waals surface area contributed by atoms with Crippen LogP contribution in [0.5, 0.6) is 0 Å². The van der Waals surface area contributed by atoms with E-state index in [-0.39, 0.29) is 17.1 Å². The molecule has 0 saturated heterocycles. The van der Waals surface area contributed by atoms with Gasteiger partial charge in [0.2, 0.25) is 0 Å². The summed E-state index contributed by atoms with van der Waals surface area (Å²) in [7, 11) is 0. The molecule has 0 amide bonds. The fraction of sp³-hybridized carbons (Fsp3) is 0.250.